The number of carboxylic acid groups (broad SMARTS) is 1. The number of aromatic carboxylic acids is 1. The van der Waals surface area contributed by atoms with Gasteiger partial charge in [0, 0.05) is 6.04 Å². The first kappa shape index (κ1) is 13.1. The van der Waals surface area contributed by atoms with Crippen LogP contribution in [0, 0.1) is 0 Å². The molecule has 0 bridgehead atoms. The lowest BCUT2D eigenvalue weighted by Crippen LogP contribution is -2.31. The van der Waals surface area contributed by atoms with Crippen molar-refractivity contribution in [3.63, 3.8) is 0 Å². The summed E-state index contributed by atoms with van der Waals surface area (Å²) >= 11 is 0. The molecule has 2 rings (SSSR count). The molecule has 0 aliphatic carbocycles. The first-order valence-corrected chi connectivity index (χ1v) is 6.40. The Balaban J connectivity index is 1.92. The van der Waals surface area contributed by atoms with E-state index in [1.165, 1.54) is 18.9 Å². The van der Waals surface area contributed by atoms with E-state index >= 15 is 0 Å². The van der Waals surface area contributed by atoms with E-state index in [-0.39, 0.29) is 5.76 Å². The van der Waals surface area contributed by atoms with Gasteiger partial charge in [-0.3, -0.25) is 4.90 Å². The van der Waals surface area contributed by atoms with Crippen molar-refractivity contribution in [3.05, 3.63) is 23.7 Å². The molecular weight excluding hydrogens is 232 g/mol. The van der Waals surface area contributed by atoms with Gasteiger partial charge in [-0.15, -0.1) is 0 Å². The maximum Gasteiger partial charge on any atom is 0.371 e. The highest BCUT2D eigenvalue weighted by molar-refractivity contribution is 5.84. The molecular formula is C13H20N2O3. The largest absolute Gasteiger partial charge is 0.475 e. The minimum absolute atomic E-state index is 0.0148. The highest BCUT2D eigenvalue weighted by Gasteiger charge is 2.18. The van der Waals surface area contributed by atoms with Crippen molar-refractivity contribution in [3.8, 4) is 0 Å². The van der Waals surface area contributed by atoms with Gasteiger partial charge in [0.2, 0.25) is 5.76 Å². The summed E-state index contributed by atoms with van der Waals surface area (Å²) in [6.45, 7) is 2.81. The maximum absolute atomic E-state index is 10.7. The summed E-state index contributed by atoms with van der Waals surface area (Å²) in [6, 6.07) is 3.80. The van der Waals surface area contributed by atoms with Crippen molar-refractivity contribution < 1.29 is 14.3 Å². The summed E-state index contributed by atoms with van der Waals surface area (Å²) in [5.41, 5.74) is 0. The molecule has 1 aromatic rings. The molecule has 0 radical (unpaired) electrons. The Bertz CT molecular complexity index is 395. The quantitative estimate of drug-likeness (QED) is 0.851. The molecule has 0 amide bonds. The zero-order chi connectivity index (χ0) is 13.0. The van der Waals surface area contributed by atoms with Gasteiger partial charge in [0.1, 0.15) is 5.76 Å². The molecule has 1 aromatic heterocycles. The van der Waals surface area contributed by atoms with Crippen LogP contribution in [0.25, 0.3) is 0 Å². The third-order valence-corrected chi connectivity index (χ3v) is 3.45. The smallest absolute Gasteiger partial charge is 0.371 e. The van der Waals surface area contributed by atoms with Crippen molar-refractivity contribution in [2.45, 2.75) is 31.8 Å². The predicted molar refractivity (Wildman–Crippen MR) is 67.6 cm³/mol. The molecule has 0 aromatic carbocycles. The molecule has 1 aliphatic heterocycles. The van der Waals surface area contributed by atoms with Crippen LogP contribution in [-0.4, -0.2) is 42.2 Å². The predicted octanol–water partition coefficient (Wildman–Crippen LogP) is 1.55. The van der Waals surface area contributed by atoms with Gasteiger partial charge in [-0.25, -0.2) is 4.79 Å². The van der Waals surface area contributed by atoms with Crippen LogP contribution in [0.3, 0.4) is 0 Å². The minimum atomic E-state index is -1.01. The number of hydrogen-bond donors (Lipinski definition) is 2. The Morgan fingerprint density at radius 1 is 1.50 bits per heavy atom. The van der Waals surface area contributed by atoms with E-state index in [1.807, 2.05) is 0 Å². The zero-order valence-electron chi connectivity index (χ0n) is 10.7. The van der Waals surface area contributed by atoms with Gasteiger partial charge in [0.05, 0.1) is 6.54 Å². The molecule has 0 saturated carbocycles. The van der Waals surface area contributed by atoms with E-state index in [0.717, 1.165) is 19.5 Å². The van der Waals surface area contributed by atoms with Crippen LogP contribution in [0.4, 0.5) is 0 Å². The van der Waals surface area contributed by atoms with Crippen LogP contribution in [0.2, 0.25) is 0 Å². The highest BCUT2D eigenvalue weighted by atomic mass is 16.4. The van der Waals surface area contributed by atoms with Gasteiger partial charge < -0.3 is 14.8 Å². The SMILES string of the molecule is CN(Cc1ccc(C(=O)O)o1)C1CCCNCC1. The standard InChI is InChI=1S/C13H20N2O3/c1-15(10-3-2-7-14-8-6-10)9-11-4-5-12(18-11)13(16)17/h4-5,10,14H,2-3,6-9H2,1H3,(H,16,17). The fraction of sp³-hybridized carbons (Fsp3) is 0.615. The molecule has 2 N–H and O–H groups in total. The average Bonchev–Trinajstić information content (AvgIpc) is 2.64. The zero-order valence-corrected chi connectivity index (χ0v) is 10.7. The molecule has 1 atom stereocenters. The molecule has 1 aliphatic rings. The van der Waals surface area contributed by atoms with Gasteiger partial charge >= 0.3 is 5.97 Å². The second-order valence-corrected chi connectivity index (χ2v) is 4.82. The molecule has 5 nitrogen and oxygen atoms in total. The van der Waals surface area contributed by atoms with Gasteiger partial charge in [-0.1, -0.05) is 0 Å². The average molecular weight is 252 g/mol. The van der Waals surface area contributed by atoms with Gasteiger partial charge in [-0.2, -0.15) is 0 Å². The Morgan fingerprint density at radius 2 is 2.33 bits per heavy atom. The summed E-state index contributed by atoms with van der Waals surface area (Å²) in [6.07, 6.45) is 3.49. The van der Waals surface area contributed by atoms with Crippen LogP contribution in [0.1, 0.15) is 35.6 Å². The Hall–Kier alpha value is -1.33. The van der Waals surface area contributed by atoms with Crippen molar-refractivity contribution in [2.75, 3.05) is 20.1 Å². The van der Waals surface area contributed by atoms with Crippen LogP contribution in [-0.2, 0) is 6.54 Å². The van der Waals surface area contributed by atoms with E-state index in [1.54, 1.807) is 6.07 Å². The summed E-state index contributed by atoms with van der Waals surface area (Å²) in [7, 11) is 2.07. The molecule has 2 heterocycles. The Labute approximate surface area is 107 Å². The summed E-state index contributed by atoms with van der Waals surface area (Å²) in [4.78, 5) is 13.0. The highest BCUT2D eigenvalue weighted by Crippen LogP contribution is 2.16. The summed E-state index contributed by atoms with van der Waals surface area (Å²) < 4.78 is 5.28. The summed E-state index contributed by atoms with van der Waals surface area (Å²) in [5, 5.41) is 12.2. The number of furan rings is 1. The molecule has 5 heteroatoms. The number of nitrogens with zero attached hydrogens (tertiary/aromatic N) is 1. The van der Waals surface area contributed by atoms with Crippen LogP contribution >= 0.6 is 0 Å². The van der Waals surface area contributed by atoms with E-state index in [0.29, 0.717) is 18.3 Å². The van der Waals surface area contributed by atoms with Crippen molar-refractivity contribution in [1.29, 1.82) is 0 Å². The van der Waals surface area contributed by atoms with Crippen molar-refractivity contribution in [2.24, 2.45) is 0 Å². The van der Waals surface area contributed by atoms with Gasteiger partial charge in [-0.05, 0) is 51.5 Å². The van der Waals surface area contributed by atoms with E-state index in [2.05, 4.69) is 17.3 Å². The number of nitrogens with one attached hydrogen (secondary N) is 1. The Kier molecular flexibility index (Phi) is 4.38. The van der Waals surface area contributed by atoms with E-state index < -0.39 is 5.97 Å². The lowest BCUT2D eigenvalue weighted by atomic mass is 10.1. The fourth-order valence-corrected chi connectivity index (χ4v) is 2.39. The Morgan fingerprint density at radius 3 is 3.06 bits per heavy atom. The van der Waals surface area contributed by atoms with Crippen molar-refractivity contribution in [1.82, 2.24) is 10.2 Å². The normalized spacial score (nSPS) is 20.9. The van der Waals surface area contributed by atoms with Crippen LogP contribution in [0.5, 0.6) is 0 Å². The molecule has 1 unspecified atom stereocenters. The van der Waals surface area contributed by atoms with Crippen LogP contribution < -0.4 is 5.32 Å². The third kappa shape index (κ3) is 3.34. The topological polar surface area (TPSA) is 65.7 Å². The molecule has 18 heavy (non-hydrogen) atoms. The second-order valence-electron chi connectivity index (χ2n) is 4.82. The fourth-order valence-electron chi connectivity index (χ4n) is 2.39. The first-order chi connectivity index (χ1) is 8.66. The number of carbonyl (C=O) groups is 1. The van der Waals surface area contributed by atoms with Gasteiger partial charge in [0.25, 0.3) is 0 Å². The molecule has 100 valence electrons. The number of carboxylic acids is 1. The second kappa shape index (κ2) is 6.02. The molecule has 1 fully saturated rings. The van der Waals surface area contributed by atoms with Gasteiger partial charge in [0.15, 0.2) is 0 Å². The van der Waals surface area contributed by atoms with Crippen molar-refractivity contribution >= 4 is 5.97 Å². The first-order valence-electron chi connectivity index (χ1n) is 6.40. The maximum atomic E-state index is 10.7. The number of hydrogen-bond acceptors (Lipinski definition) is 4. The lowest BCUT2D eigenvalue weighted by Gasteiger charge is -2.25. The van der Waals surface area contributed by atoms with Crippen LogP contribution in [0.15, 0.2) is 16.5 Å². The van der Waals surface area contributed by atoms with E-state index in [9.17, 15) is 4.79 Å². The monoisotopic (exact) mass is 252 g/mol. The van der Waals surface area contributed by atoms with E-state index in [4.69, 9.17) is 9.52 Å². The lowest BCUT2D eigenvalue weighted by molar-refractivity contribution is 0.0658. The number of rotatable bonds is 4. The summed E-state index contributed by atoms with van der Waals surface area (Å²) in [5.74, 6) is -0.282. The molecule has 0 spiro atoms. The minimum Gasteiger partial charge on any atom is -0.475 e. The third-order valence-electron chi connectivity index (χ3n) is 3.45. The molecule has 1 saturated heterocycles.